The number of aromatic nitrogens is 3. The lowest BCUT2D eigenvalue weighted by Gasteiger charge is -2.38. The van der Waals surface area contributed by atoms with Gasteiger partial charge in [0.15, 0.2) is 0 Å². The second-order valence-electron chi connectivity index (χ2n) is 8.51. The molecule has 0 bridgehead atoms. The van der Waals surface area contributed by atoms with Crippen LogP contribution in [-0.2, 0) is 23.7 Å². The van der Waals surface area contributed by atoms with Gasteiger partial charge in [-0.3, -0.25) is 9.88 Å². The van der Waals surface area contributed by atoms with E-state index in [1.165, 1.54) is 12.0 Å². The molecular weight excluding hydrogens is 372 g/mol. The van der Waals surface area contributed by atoms with Crippen LogP contribution in [0.2, 0.25) is 0 Å². The van der Waals surface area contributed by atoms with E-state index in [2.05, 4.69) is 59.4 Å². The fourth-order valence-corrected chi connectivity index (χ4v) is 4.15. The Balaban J connectivity index is 0.00000280. The molecular formula is C22H35ClN4O. The van der Waals surface area contributed by atoms with E-state index >= 15 is 0 Å². The van der Waals surface area contributed by atoms with E-state index in [0.717, 1.165) is 50.7 Å². The molecule has 6 heteroatoms. The molecule has 1 fully saturated rings. The lowest BCUT2D eigenvalue weighted by molar-refractivity contribution is 0.0381. The summed E-state index contributed by atoms with van der Waals surface area (Å²) in [5.41, 5.74) is 2.51. The third-order valence-electron chi connectivity index (χ3n) is 6.26. The van der Waals surface area contributed by atoms with Gasteiger partial charge in [-0.25, -0.2) is 4.98 Å². The molecule has 0 N–H and O–H groups in total. The molecule has 1 atom stereocenters. The molecule has 2 aromatic heterocycles. The van der Waals surface area contributed by atoms with E-state index in [9.17, 15) is 0 Å². The number of halogens is 1. The second kappa shape index (κ2) is 9.38. The topological polar surface area (TPSA) is 43.2 Å². The van der Waals surface area contributed by atoms with E-state index in [1.54, 1.807) is 0 Å². The molecule has 1 aliphatic rings. The van der Waals surface area contributed by atoms with E-state index in [-0.39, 0.29) is 23.4 Å². The third-order valence-corrected chi connectivity index (χ3v) is 6.26. The highest BCUT2D eigenvalue weighted by Crippen LogP contribution is 2.41. The highest BCUT2D eigenvalue weighted by molar-refractivity contribution is 5.85. The average molecular weight is 407 g/mol. The van der Waals surface area contributed by atoms with Crippen molar-refractivity contribution in [3.63, 3.8) is 0 Å². The highest BCUT2D eigenvalue weighted by Gasteiger charge is 2.43. The van der Waals surface area contributed by atoms with Gasteiger partial charge < -0.3 is 9.30 Å². The molecule has 2 aromatic rings. The number of hydrogen-bond donors (Lipinski definition) is 0. The van der Waals surface area contributed by atoms with E-state index in [0.29, 0.717) is 0 Å². The summed E-state index contributed by atoms with van der Waals surface area (Å²) in [4.78, 5) is 11.6. The van der Waals surface area contributed by atoms with Crippen LogP contribution in [0.4, 0.5) is 0 Å². The number of imidazole rings is 1. The van der Waals surface area contributed by atoms with Crippen molar-refractivity contribution >= 4 is 12.4 Å². The van der Waals surface area contributed by atoms with Gasteiger partial charge in [-0.15, -0.1) is 12.4 Å². The summed E-state index contributed by atoms with van der Waals surface area (Å²) in [6.45, 7) is 12.5. The van der Waals surface area contributed by atoms with Crippen LogP contribution >= 0.6 is 12.4 Å². The Morgan fingerprint density at radius 1 is 1.25 bits per heavy atom. The predicted octanol–water partition coefficient (Wildman–Crippen LogP) is 4.14. The molecule has 0 aromatic carbocycles. The molecule has 1 aliphatic heterocycles. The summed E-state index contributed by atoms with van der Waals surface area (Å²) in [6.07, 6.45) is 9.22. The average Bonchev–Trinajstić information content (AvgIpc) is 3.26. The van der Waals surface area contributed by atoms with Crippen LogP contribution in [0.15, 0.2) is 30.7 Å². The zero-order valence-electron chi connectivity index (χ0n) is 17.9. The molecule has 0 amide bonds. The van der Waals surface area contributed by atoms with Crippen LogP contribution in [0, 0.1) is 12.3 Å². The Hall–Kier alpha value is -1.43. The Bertz CT molecular complexity index is 743. The van der Waals surface area contributed by atoms with Gasteiger partial charge in [0.1, 0.15) is 5.82 Å². The maximum absolute atomic E-state index is 5.94. The summed E-state index contributed by atoms with van der Waals surface area (Å²) in [7, 11) is 2.08. The minimum atomic E-state index is -0.0299. The Labute approximate surface area is 175 Å². The molecule has 0 unspecified atom stereocenters. The zero-order chi connectivity index (χ0) is 19.5. The number of likely N-dealkylation sites (tertiary alicyclic amines) is 1. The van der Waals surface area contributed by atoms with Crippen LogP contribution < -0.4 is 0 Å². The first-order chi connectivity index (χ1) is 12.9. The number of nitrogens with zero attached hydrogens (tertiary/aromatic N) is 4. The van der Waals surface area contributed by atoms with Gasteiger partial charge in [-0.05, 0) is 58.7 Å². The van der Waals surface area contributed by atoms with Crippen molar-refractivity contribution in [3.8, 4) is 0 Å². The van der Waals surface area contributed by atoms with Crippen molar-refractivity contribution in [2.24, 2.45) is 12.5 Å². The van der Waals surface area contributed by atoms with Crippen LogP contribution in [0.3, 0.4) is 0 Å². The first kappa shape index (κ1) is 22.9. The van der Waals surface area contributed by atoms with Crippen LogP contribution in [0.25, 0.3) is 0 Å². The number of aryl methyl sites for hydroxylation is 3. The quantitative estimate of drug-likeness (QED) is 0.660. The molecule has 28 heavy (non-hydrogen) atoms. The normalized spacial score (nSPS) is 20.3. The number of ether oxygens (including phenoxy) is 1. The van der Waals surface area contributed by atoms with E-state index in [4.69, 9.17) is 4.74 Å². The first-order valence-corrected chi connectivity index (χ1v) is 10.1. The van der Waals surface area contributed by atoms with E-state index in [1.807, 2.05) is 25.5 Å². The fraction of sp³-hybridized carbons (Fsp3) is 0.636. The van der Waals surface area contributed by atoms with Gasteiger partial charge in [0, 0.05) is 61.9 Å². The largest absolute Gasteiger partial charge is 0.381 e. The summed E-state index contributed by atoms with van der Waals surface area (Å²) in [6, 6.07) is 4.33. The SMILES string of the molecule is CCOC[C@]1(CCc2nccn2C)CCN(C(C)(C)c2ccc(C)nc2)C1.Cl. The molecule has 0 spiro atoms. The van der Waals surface area contributed by atoms with E-state index < -0.39 is 0 Å². The van der Waals surface area contributed by atoms with Gasteiger partial charge in [0.25, 0.3) is 0 Å². The molecule has 0 saturated carbocycles. The number of hydrogen-bond acceptors (Lipinski definition) is 4. The van der Waals surface area contributed by atoms with Crippen LogP contribution in [0.5, 0.6) is 0 Å². The third kappa shape index (κ3) is 4.94. The molecule has 5 nitrogen and oxygen atoms in total. The molecule has 3 heterocycles. The number of pyridine rings is 1. The van der Waals surface area contributed by atoms with Gasteiger partial charge in [0.05, 0.1) is 6.61 Å². The molecule has 156 valence electrons. The predicted molar refractivity (Wildman–Crippen MR) is 116 cm³/mol. The molecule has 3 rings (SSSR count). The summed E-state index contributed by atoms with van der Waals surface area (Å²) in [5, 5.41) is 0. The second-order valence-corrected chi connectivity index (χ2v) is 8.51. The lowest BCUT2D eigenvalue weighted by atomic mass is 9.82. The summed E-state index contributed by atoms with van der Waals surface area (Å²) < 4.78 is 8.07. The minimum absolute atomic E-state index is 0. The Morgan fingerprint density at radius 2 is 2.04 bits per heavy atom. The smallest absolute Gasteiger partial charge is 0.108 e. The van der Waals surface area contributed by atoms with Crippen molar-refractivity contribution in [1.29, 1.82) is 0 Å². The fourth-order valence-electron chi connectivity index (χ4n) is 4.15. The molecule has 0 radical (unpaired) electrons. The van der Waals surface area contributed by atoms with Gasteiger partial charge in [-0.1, -0.05) is 6.07 Å². The van der Waals surface area contributed by atoms with Crippen molar-refractivity contribution in [2.75, 3.05) is 26.3 Å². The van der Waals surface area contributed by atoms with Crippen molar-refractivity contribution < 1.29 is 4.74 Å². The van der Waals surface area contributed by atoms with Gasteiger partial charge in [0.2, 0.25) is 0 Å². The van der Waals surface area contributed by atoms with Crippen molar-refractivity contribution in [2.45, 2.75) is 52.5 Å². The maximum atomic E-state index is 5.94. The summed E-state index contributed by atoms with van der Waals surface area (Å²) >= 11 is 0. The zero-order valence-corrected chi connectivity index (χ0v) is 18.8. The Morgan fingerprint density at radius 3 is 2.64 bits per heavy atom. The molecule has 0 aliphatic carbocycles. The minimum Gasteiger partial charge on any atom is -0.381 e. The van der Waals surface area contributed by atoms with Crippen LogP contribution in [-0.4, -0.2) is 45.7 Å². The van der Waals surface area contributed by atoms with Gasteiger partial charge in [-0.2, -0.15) is 0 Å². The summed E-state index contributed by atoms with van der Waals surface area (Å²) in [5.74, 6) is 1.16. The van der Waals surface area contributed by atoms with Crippen molar-refractivity contribution in [1.82, 2.24) is 19.4 Å². The number of rotatable bonds is 8. The van der Waals surface area contributed by atoms with Crippen molar-refractivity contribution in [3.05, 3.63) is 47.8 Å². The lowest BCUT2D eigenvalue weighted by Crippen LogP contribution is -2.42. The Kier molecular flexibility index (Phi) is 7.66. The van der Waals surface area contributed by atoms with Crippen LogP contribution in [0.1, 0.15) is 50.7 Å². The molecule has 1 saturated heterocycles. The monoisotopic (exact) mass is 406 g/mol. The first-order valence-electron chi connectivity index (χ1n) is 10.1. The standard InChI is InChI=1S/C22H34N4O.ClH/c1-6-27-17-22(10-9-20-23-12-14-25(20)5)11-13-26(16-22)21(3,4)19-8-7-18(2)24-15-19;/h7-8,12,14-15H,6,9-11,13,16-17H2,1-5H3;1H/t22-;/m1./s1. The maximum Gasteiger partial charge on any atom is 0.108 e. The van der Waals surface area contributed by atoms with Gasteiger partial charge >= 0.3 is 0 Å². The highest BCUT2D eigenvalue weighted by atomic mass is 35.5.